The minimum absolute atomic E-state index is 0.666. The van der Waals surface area contributed by atoms with Crippen LogP contribution in [0.1, 0.15) is 43.7 Å². The van der Waals surface area contributed by atoms with Crippen LogP contribution in [-0.2, 0) is 0 Å². The van der Waals surface area contributed by atoms with Crippen molar-refractivity contribution in [3.63, 3.8) is 0 Å². The van der Waals surface area contributed by atoms with E-state index in [1.54, 1.807) is 0 Å². The lowest BCUT2D eigenvalue weighted by Crippen LogP contribution is -3.10. The van der Waals surface area contributed by atoms with E-state index < -0.39 is 0 Å². The minimum atomic E-state index is 0.666. The molecule has 154 valence electrons. The Kier molecular flexibility index (Phi) is 4.34. The van der Waals surface area contributed by atoms with E-state index >= 15 is 0 Å². The molecule has 30 heavy (non-hydrogen) atoms. The van der Waals surface area contributed by atoms with Gasteiger partial charge in [0.2, 0.25) is 11.7 Å². The van der Waals surface area contributed by atoms with Gasteiger partial charge in [0.05, 0.1) is 12.4 Å². The summed E-state index contributed by atoms with van der Waals surface area (Å²) in [5.41, 5.74) is 3.75. The van der Waals surface area contributed by atoms with E-state index in [-0.39, 0.29) is 0 Å². The molecule has 0 radical (unpaired) electrons. The van der Waals surface area contributed by atoms with Crippen LogP contribution in [-0.4, -0.2) is 35.7 Å². The molecule has 7 nitrogen and oxygen atoms in total. The molecule has 1 aromatic heterocycles. The smallest absolute Gasteiger partial charge is 0.232 e. The molecule has 6 rings (SSSR count). The quantitative estimate of drug-likeness (QED) is 0.720. The fraction of sp³-hybridized carbons (Fsp3) is 0.391. The summed E-state index contributed by atoms with van der Waals surface area (Å²) in [5, 5.41) is 11.2. The summed E-state index contributed by atoms with van der Waals surface area (Å²) < 4.78 is 0. The van der Waals surface area contributed by atoms with Crippen molar-refractivity contribution >= 4 is 23.0 Å². The Morgan fingerprint density at radius 1 is 1.03 bits per heavy atom. The second kappa shape index (κ2) is 7.32. The Morgan fingerprint density at radius 2 is 1.83 bits per heavy atom. The molecular weight excluding hydrogens is 374 g/mol. The third-order valence-electron chi connectivity index (χ3n) is 6.46. The second-order valence-electron chi connectivity index (χ2n) is 8.65. The average molecular weight is 403 g/mol. The fourth-order valence-electron chi connectivity index (χ4n) is 4.59. The van der Waals surface area contributed by atoms with Crippen LogP contribution in [0.2, 0.25) is 0 Å². The maximum absolute atomic E-state index is 4.60. The van der Waals surface area contributed by atoms with Crippen molar-refractivity contribution < 1.29 is 4.90 Å². The number of nitrogens with zero attached hydrogens (tertiary/aromatic N) is 4. The highest BCUT2D eigenvalue weighted by atomic mass is 15.4. The molecule has 2 aromatic rings. The number of fused-ring (bicyclic) bond motifs is 1. The van der Waals surface area contributed by atoms with Gasteiger partial charge in [-0.15, -0.1) is 0 Å². The van der Waals surface area contributed by atoms with Gasteiger partial charge in [0.1, 0.15) is 12.7 Å². The molecular formula is C23H28N7+. The van der Waals surface area contributed by atoms with Gasteiger partial charge in [-0.1, -0.05) is 0 Å². The molecule has 3 N–H and O–H groups in total. The highest BCUT2D eigenvalue weighted by molar-refractivity contribution is 5.84. The van der Waals surface area contributed by atoms with Crippen molar-refractivity contribution in [3.8, 4) is 0 Å². The normalized spacial score (nSPS) is 23.3. The number of piperidine rings is 1. The van der Waals surface area contributed by atoms with E-state index in [0.29, 0.717) is 5.92 Å². The van der Waals surface area contributed by atoms with E-state index in [1.165, 1.54) is 62.3 Å². The molecule has 1 atom stereocenters. The lowest BCUT2D eigenvalue weighted by Gasteiger charge is -2.31. The molecule has 0 spiro atoms. The lowest BCUT2D eigenvalue weighted by molar-refractivity contribution is -0.698. The Morgan fingerprint density at radius 3 is 2.63 bits per heavy atom. The zero-order valence-electron chi connectivity index (χ0n) is 17.1. The van der Waals surface area contributed by atoms with E-state index in [9.17, 15) is 0 Å². The van der Waals surface area contributed by atoms with Gasteiger partial charge in [-0.25, -0.2) is 9.89 Å². The van der Waals surface area contributed by atoms with Gasteiger partial charge in [-0.05, 0) is 56.4 Å². The van der Waals surface area contributed by atoms with Crippen molar-refractivity contribution in [1.29, 1.82) is 0 Å². The molecule has 4 aliphatic rings. The molecule has 2 fully saturated rings. The van der Waals surface area contributed by atoms with E-state index in [2.05, 4.69) is 73.0 Å². The lowest BCUT2D eigenvalue weighted by atomic mass is 10.1. The summed E-state index contributed by atoms with van der Waals surface area (Å²) in [7, 11) is 0. The molecule has 1 unspecified atom stereocenters. The minimum Gasteiger partial charge on any atom is -0.372 e. The average Bonchev–Trinajstić information content (AvgIpc) is 3.35. The molecule has 7 heteroatoms. The highest BCUT2D eigenvalue weighted by Gasteiger charge is 2.32. The molecule has 4 heterocycles. The molecule has 1 saturated heterocycles. The van der Waals surface area contributed by atoms with Crippen LogP contribution in [0, 0.1) is 0 Å². The standard InChI is InChI=1S/C23H27N7/c1-2-11-28(12-3-1)18-6-8-19(9-7-18)29-15-22-24-10-13-30(22)23(16-29)25-21-14-20(26-27-21)17-4-5-17/h6-10,13-14,16-17H,1-5,11-12,15H2,(H2,25,26,27)/p+1. The Hall–Kier alpha value is -3.06. The third kappa shape index (κ3) is 3.39. The van der Waals surface area contributed by atoms with E-state index in [0.717, 1.165) is 28.9 Å². The number of hydrogen-bond donors (Lipinski definition) is 3. The maximum atomic E-state index is 4.60. The predicted molar refractivity (Wildman–Crippen MR) is 120 cm³/mol. The predicted octanol–water partition coefficient (Wildman–Crippen LogP) is 2.78. The summed E-state index contributed by atoms with van der Waals surface area (Å²) in [5.74, 6) is 3.68. The van der Waals surface area contributed by atoms with Crippen molar-refractivity contribution in [3.05, 3.63) is 60.4 Å². The van der Waals surface area contributed by atoms with E-state index in [4.69, 9.17) is 0 Å². The number of aromatic nitrogens is 2. The van der Waals surface area contributed by atoms with Gasteiger partial charge < -0.3 is 9.80 Å². The number of aromatic amines is 1. The summed E-state index contributed by atoms with van der Waals surface area (Å²) >= 11 is 0. The van der Waals surface area contributed by atoms with Gasteiger partial charge >= 0.3 is 0 Å². The van der Waals surface area contributed by atoms with Crippen molar-refractivity contribution in [2.75, 3.05) is 34.8 Å². The number of nitrogens with one attached hydrogen (secondary N) is 3. The van der Waals surface area contributed by atoms with Crippen LogP contribution in [0.15, 0.2) is 59.7 Å². The molecule has 3 aliphatic heterocycles. The fourth-order valence-corrected chi connectivity index (χ4v) is 4.59. The third-order valence-corrected chi connectivity index (χ3v) is 6.46. The number of hydrogen-bond acceptors (Lipinski definition) is 5. The van der Waals surface area contributed by atoms with Crippen molar-refractivity contribution in [2.24, 2.45) is 4.99 Å². The number of amidine groups is 1. The Bertz CT molecular complexity index is 1010. The molecule has 0 bridgehead atoms. The summed E-state index contributed by atoms with van der Waals surface area (Å²) in [6, 6.07) is 11.1. The molecule has 0 amide bonds. The number of quaternary nitrogens is 1. The first-order chi connectivity index (χ1) is 14.8. The number of aliphatic imine (C=N–C) groups is 1. The van der Waals surface area contributed by atoms with Gasteiger partial charge in [0.25, 0.3) is 0 Å². The van der Waals surface area contributed by atoms with Gasteiger partial charge in [-0.2, -0.15) is 5.10 Å². The van der Waals surface area contributed by atoms with Crippen molar-refractivity contribution in [1.82, 2.24) is 10.2 Å². The highest BCUT2D eigenvalue weighted by Crippen LogP contribution is 2.39. The van der Waals surface area contributed by atoms with Crippen LogP contribution in [0.25, 0.3) is 0 Å². The zero-order valence-corrected chi connectivity index (χ0v) is 17.1. The largest absolute Gasteiger partial charge is 0.372 e. The van der Waals surface area contributed by atoms with Gasteiger partial charge in [0.15, 0.2) is 5.82 Å². The van der Waals surface area contributed by atoms with Crippen LogP contribution in [0.5, 0.6) is 0 Å². The van der Waals surface area contributed by atoms with Gasteiger partial charge in [0, 0.05) is 42.1 Å². The first kappa shape index (κ1) is 17.8. The zero-order chi connectivity index (χ0) is 19.9. The summed E-state index contributed by atoms with van der Waals surface area (Å²) in [6.45, 7) is 3.12. The van der Waals surface area contributed by atoms with Crippen LogP contribution < -0.4 is 20.0 Å². The van der Waals surface area contributed by atoms with Gasteiger partial charge in [-0.3, -0.25) is 10.4 Å². The summed E-state index contributed by atoms with van der Waals surface area (Å²) in [4.78, 5) is 10.5. The monoisotopic (exact) mass is 402 g/mol. The second-order valence-corrected chi connectivity index (χ2v) is 8.65. The first-order valence-corrected chi connectivity index (χ1v) is 11.1. The number of rotatable bonds is 5. The van der Waals surface area contributed by atoms with Crippen LogP contribution in [0.3, 0.4) is 0 Å². The molecule has 1 aliphatic carbocycles. The van der Waals surface area contributed by atoms with Crippen LogP contribution >= 0.6 is 0 Å². The molecule has 1 saturated carbocycles. The van der Waals surface area contributed by atoms with Crippen LogP contribution in [0.4, 0.5) is 17.2 Å². The van der Waals surface area contributed by atoms with E-state index in [1.807, 2.05) is 6.20 Å². The van der Waals surface area contributed by atoms with Crippen molar-refractivity contribution in [2.45, 2.75) is 38.0 Å². The summed E-state index contributed by atoms with van der Waals surface area (Å²) in [6.07, 6.45) is 12.6. The Balaban J connectivity index is 1.24. The Labute approximate surface area is 176 Å². The molecule has 1 aromatic carbocycles. The number of benzene rings is 1. The number of H-pyrrole nitrogens is 1. The number of anilines is 3. The maximum Gasteiger partial charge on any atom is 0.232 e. The SMILES string of the molecule is C1=C[NH+]2C(Nc3cc(C4CC4)[nH]n3)=CN(c3ccc(N4CCCCC4)cc3)CC2=N1. The topological polar surface area (TPSA) is 64.0 Å². The first-order valence-electron chi connectivity index (χ1n) is 11.1.